The summed E-state index contributed by atoms with van der Waals surface area (Å²) < 4.78 is 100. The van der Waals surface area contributed by atoms with Crippen LogP contribution >= 0.6 is 0 Å². The van der Waals surface area contributed by atoms with E-state index in [1.807, 2.05) is 24.3 Å². The van der Waals surface area contributed by atoms with Gasteiger partial charge in [0.15, 0.2) is 0 Å². The number of rotatable bonds is 8. The van der Waals surface area contributed by atoms with Crippen LogP contribution in [0.3, 0.4) is 0 Å². The molecule has 45 heavy (non-hydrogen) atoms. The van der Waals surface area contributed by atoms with Crippen LogP contribution in [-0.2, 0) is 25.6 Å². The van der Waals surface area contributed by atoms with E-state index < -0.39 is 23.5 Å². The van der Waals surface area contributed by atoms with Crippen molar-refractivity contribution in [2.24, 2.45) is 0 Å². The Bertz CT molecular complexity index is 1800. The van der Waals surface area contributed by atoms with Gasteiger partial charge in [0.1, 0.15) is 36.2 Å². The zero-order valence-corrected chi connectivity index (χ0v) is 23.8. The van der Waals surface area contributed by atoms with Gasteiger partial charge in [-0.05, 0) is 84.3 Å². The summed E-state index contributed by atoms with van der Waals surface area (Å²) >= 11 is 0. The van der Waals surface area contributed by atoms with Crippen molar-refractivity contribution in [1.82, 2.24) is 5.32 Å². The summed E-state index contributed by atoms with van der Waals surface area (Å²) in [6.45, 7) is 0.817. The SMILES string of the molecule is FC(F)(F)c1ccccc1OCc1cc(C2=CCNCC2)c(COc2ccccc2C(F)(F)F)c(-c2ccc3cccc-3o2)c1. The van der Waals surface area contributed by atoms with Crippen LogP contribution in [0.5, 0.6) is 11.5 Å². The predicted octanol–water partition coefficient (Wildman–Crippen LogP) is 9.62. The minimum absolute atomic E-state index is 0.199. The van der Waals surface area contributed by atoms with E-state index in [1.165, 1.54) is 36.4 Å². The maximum absolute atomic E-state index is 13.8. The van der Waals surface area contributed by atoms with Crippen molar-refractivity contribution in [2.45, 2.75) is 32.0 Å². The molecule has 1 N–H and O–H groups in total. The lowest BCUT2D eigenvalue weighted by atomic mass is 9.89. The van der Waals surface area contributed by atoms with Gasteiger partial charge in [0.2, 0.25) is 0 Å². The Morgan fingerprint density at radius 1 is 0.667 bits per heavy atom. The highest BCUT2D eigenvalue weighted by molar-refractivity contribution is 5.78. The molecule has 0 atom stereocenters. The minimum Gasteiger partial charge on any atom is -0.488 e. The quantitative estimate of drug-likeness (QED) is 0.175. The fourth-order valence-corrected chi connectivity index (χ4v) is 5.42. The van der Waals surface area contributed by atoms with Gasteiger partial charge in [-0.2, -0.15) is 26.3 Å². The first-order chi connectivity index (χ1) is 21.6. The predicted molar refractivity (Wildman–Crippen MR) is 158 cm³/mol. The molecule has 2 heterocycles. The van der Waals surface area contributed by atoms with Gasteiger partial charge in [0.05, 0.1) is 11.1 Å². The summed E-state index contributed by atoms with van der Waals surface area (Å²) in [6, 6.07) is 22.6. The molecule has 0 bridgehead atoms. The van der Waals surface area contributed by atoms with Crippen LogP contribution in [0.25, 0.3) is 28.2 Å². The summed E-state index contributed by atoms with van der Waals surface area (Å²) in [6.07, 6.45) is -6.62. The molecule has 0 amide bonds. The molecule has 10 heteroatoms. The molecule has 3 aromatic carbocycles. The number of alkyl halides is 6. The van der Waals surface area contributed by atoms with Gasteiger partial charge in [-0.1, -0.05) is 42.5 Å². The molecule has 1 aliphatic carbocycles. The summed E-state index contributed by atoms with van der Waals surface area (Å²) in [7, 11) is 0. The number of hydrogen-bond acceptors (Lipinski definition) is 4. The van der Waals surface area contributed by atoms with E-state index in [-0.39, 0.29) is 24.7 Å². The van der Waals surface area contributed by atoms with Gasteiger partial charge in [-0.25, -0.2) is 0 Å². The second kappa shape index (κ2) is 12.4. The zero-order valence-electron chi connectivity index (χ0n) is 23.8. The first kappa shape index (κ1) is 30.3. The molecule has 232 valence electrons. The van der Waals surface area contributed by atoms with Gasteiger partial charge in [0.25, 0.3) is 0 Å². The molecule has 0 radical (unpaired) electrons. The summed E-state index contributed by atoms with van der Waals surface area (Å²) in [5.41, 5.74) is 2.34. The maximum atomic E-state index is 13.8. The Hall–Kier alpha value is -4.70. The second-order valence-electron chi connectivity index (χ2n) is 10.6. The highest BCUT2D eigenvalue weighted by Gasteiger charge is 2.35. The van der Waals surface area contributed by atoms with Gasteiger partial charge < -0.3 is 19.2 Å². The molecule has 0 saturated carbocycles. The van der Waals surface area contributed by atoms with Crippen LogP contribution < -0.4 is 14.8 Å². The first-order valence-electron chi connectivity index (χ1n) is 14.2. The Kier molecular flexibility index (Phi) is 8.33. The molecular weight excluding hydrogens is 596 g/mol. The van der Waals surface area contributed by atoms with Crippen molar-refractivity contribution in [1.29, 1.82) is 0 Å². The average molecular weight is 624 g/mol. The third-order valence-electron chi connectivity index (χ3n) is 7.58. The minimum atomic E-state index is -4.62. The summed E-state index contributed by atoms with van der Waals surface area (Å²) in [5.74, 6) is 0.393. The first-order valence-corrected chi connectivity index (χ1v) is 14.2. The van der Waals surface area contributed by atoms with Gasteiger partial charge in [0, 0.05) is 23.2 Å². The van der Waals surface area contributed by atoms with Crippen LogP contribution in [0.15, 0.2) is 101 Å². The normalized spacial score (nSPS) is 14.0. The molecule has 0 fully saturated rings. The fraction of sp³-hybridized carbons (Fsp3) is 0.200. The van der Waals surface area contributed by atoms with Crippen LogP contribution in [0.1, 0.15) is 34.2 Å². The number of halogens is 6. The van der Waals surface area contributed by atoms with Crippen LogP contribution in [0.2, 0.25) is 0 Å². The molecular formula is C35H27F6NO3. The van der Waals surface area contributed by atoms with Gasteiger partial charge in [-0.15, -0.1) is 0 Å². The Morgan fingerprint density at radius 2 is 1.31 bits per heavy atom. The third kappa shape index (κ3) is 6.71. The number of para-hydroxylation sites is 2. The topological polar surface area (TPSA) is 43.6 Å². The van der Waals surface area contributed by atoms with Crippen LogP contribution in [0, 0.1) is 0 Å². The van der Waals surface area contributed by atoms with Crippen molar-refractivity contribution < 1.29 is 40.2 Å². The van der Waals surface area contributed by atoms with E-state index in [0.29, 0.717) is 53.3 Å². The number of fused-ring (bicyclic) bond motifs is 1. The van der Waals surface area contributed by atoms with Crippen molar-refractivity contribution in [3.8, 4) is 34.1 Å². The molecule has 2 aliphatic heterocycles. The molecule has 3 aliphatic rings. The Morgan fingerprint density at radius 3 is 1.96 bits per heavy atom. The molecule has 0 spiro atoms. The molecule has 6 rings (SSSR count). The number of hydrogen-bond donors (Lipinski definition) is 1. The lowest BCUT2D eigenvalue weighted by Crippen LogP contribution is -2.21. The van der Waals surface area contributed by atoms with Gasteiger partial charge >= 0.3 is 12.4 Å². The number of benzene rings is 3. The Labute approximate surface area is 255 Å². The van der Waals surface area contributed by atoms with Crippen LogP contribution in [0.4, 0.5) is 26.3 Å². The van der Waals surface area contributed by atoms with E-state index in [0.717, 1.165) is 23.3 Å². The van der Waals surface area contributed by atoms with E-state index in [1.54, 1.807) is 24.3 Å². The molecule has 4 nitrogen and oxygen atoms in total. The highest BCUT2D eigenvalue weighted by atomic mass is 19.4. The summed E-state index contributed by atoms with van der Waals surface area (Å²) in [4.78, 5) is 0. The van der Waals surface area contributed by atoms with Crippen molar-refractivity contribution in [2.75, 3.05) is 13.1 Å². The lowest BCUT2D eigenvalue weighted by Gasteiger charge is -2.23. The van der Waals surface area contributed by atoms with Gasteiger partial charge in [-0.3, -0.25) is 0 Å². The maximum Gasteiger partial charge on any atom is 0.419 e. The zero-order chi connectivity index (χ0) is 31.6. The smallest absolute Gasteiger partial charge is 0.419 e. The Balaban J connectivity index is 1.47. The average Bonchev–Trinajstić information content (AvgIpc) is 3.51. The monoisotopic (exact) mass is 623 g/mol. The highest BCUT2D eigenvalue weighted by Crippen LogP contribution is 2.41. The second-order valence-corrected chi connectivity index (χ2v) is 10.6. The summed E-state index contributed by atoms with van der Waals surface area (Å²) in [5, 5.41) is 3.25. The molecule has 0 aromatic heterocycles. The lowest BCUT2D eigenvalue weighted by molar-refractivity contribution is -0.139. The van der Waals surface area contributed by atoms with Crippen molar-refractivity contribution in [3.05, 3.63) is 125 Å². The molecule has 0 unspecified atom stereocenters. The van der Waals surface area contributed by atoms with Crippen molar-refractivity contribution >= 4 is 5.57 Å². The largest absolute Gasteiger partial charge is 0.488 e. The number of nitrogens with one attached hydrogen (secondary N) is 1. The van der Waals surface area contributed by atoms with E-state index in [4.69, 9.17) is 13.9 Å². The van der Waals surface area contributed by atoms with Crippen molar-refractivity contribution in [3.63, 3.8) is 0 Å². The molecule has 0 saturated heterocycles. The molecule has 3 aromatic rings. The number of ether oxygens (including phenoxy) is 2. The van der Waals surface area contributed by atoms with E-state index in [9.17, 15) is 26.3 Å². The van der Waals surface area contributed by atoms with E-state index >= 15 is 0 Å². The standard InChI is InChI=1S/C35H27F6NO3/c36-34(37,38)28-7-1-3-9-32(28)43-20-22-18-25(23-14-16-42-17-15-23)27(21-44-33-10-4-2-8-29(33)35(39,40)41)26(19-22)31-13-12-24-6-5-11-30(24)45-31/h1-14,18-19,42H,15-17,20-21H2. The van der Waals surface area contributed by atoms with Crippen LogP contribution in [-0.4, -0.2) is 13.1 Å². The third-order valence-corrected chi connectivity index (χ3v) is 7.58. The fourth-order valence-electron chi connectivity index (χ4n) is 5.42. The van der Waals surface area contributed by atoms with E-state index in [2.05, 4.69) is 5.32 Å².